The SMILES string of the molecule is Cc1nc(C(=O)N2CCNCC2C(=O)O)n[nH]1. The number of carbonyl (C=O) groups is 2. The third kappa shape index (κ3) is 2.26. The molecule has 0 saturated carbocycles. The molecule has 8 heteroatoms. The second kappa shape index (κ2) is 4.50. The molecular formula is C9H13N5O3. The largest absolute Gasteiger partial charge is 0.480 e. The molecule has 1 amide bonds. The molecule has 1 aromatic heterocycles. The summed E-state index contributed by atoms with van der Waals surface area (Å²) >= 11 is 0. The van der Waals surface area contributed by atoms with Gasteiger partial charge < -0.3 is 15.3 Å². The lowest BCUT2D eigenvalue weighted by Crippen LogP contribution is -2.57. The normalized spacial score (nSPS) is 20.3. The van der Waals surface area contributed by atoms with Crippen LogP contribution in [0.4, 0.5) is 0 Å². The molecule has 0 aliphatic carbocycles. The first-order chi connectivity index (χ1) is 8.09. The Labute approximate surface area is 97.0 Å². The van der Waals surface area contributed by atoms with E-state index in [1.165, 1.54) is 4.90 Å². The van der Waals surface area contributed by atoms with Crippen molar-refractivity contribution in [2.24, 2.45) is 0 Å². The van der Waals surface area contributed by atoms with Gasteiger partial charge in [-0.1, -0.05) is 0 Å². The van der Waals surface area contributed by atoms with E-state index >= 15 is 0 Å². The number of aromatic amines is 1. The fourth-order valence-electron chi connectivity index (χ4n) is 1.73. The highest BCUT2D eigenvalue weighted by atomic mass is 16.4. The zero-order chi connectivity index (χ0) is 12.4. The number of aliphatic carboxylic acids is 1. The fraction of sp³-hybridized carbons (Fsp3) is 0.556. The maximum absolute atomic E-state index is 12.0. The molecule has 1 atom stereocenters. The minimum Gasteiger partial charge on any atom is -0.480 e. The number of nitrogens with one attached hydrogen (secondary N) is 2. The van der Waals surface area contributed by atoms with E-state index in [4.69, 9.17) is 5.11 Å². The van der Waals surface area contributed by atoms with Gasteiger partial charge in [0.1, 0.15) is 11.9 Å². The molecule has 0 aromatic carbocycles. The number of rotatable bonds is 2. The molecule has 1 aliphatic heterocycles. The number of amides is 1. The molecule has 2 rings (SSSR count). The average molecular weight is 239 g/mol. The first kappa shape index (κ1) is 11.5. The van der Waals surface area contributed by atoms with Crippen LogP contribution in [0.25, 0.3) is 0 Å². The first-order valence-corrected chi connectivity index (χ1v) is 5.23. The summed E-state index contributed by atoms with van der Waals surface area (Å²) in [6.45, 7) is 2.82. The second-order valence-corrected chi connectivity index (χ2v) is 3.80. The average Bonchev–Trinajstić information content (AvgIpc) is 2.75. The molecule has 1 aliphatic rings. The lowest BCUT2D eigenvalue weighted by molar-refractivity contribution is -0.142. The highest BCUT2D eigenvalue weighted by molar-refractivity contribution is 5.93. The van der Waals surface area contributed by atoms with Crippen LogP contribution in [0.15, 0.2) is 0 Å². The first-order valence-electron chi connectivity index (χ1n) is 5.23. The van der Waals surface area contributed by atoms with Gasteiger partial charge in [0.2, 0.25) is 5.82 Å². The van der Waals surface area contributed by atoms with Crippen LogP contribution in [0.1, 0.15) is 16.4 Å². The number of carboxylic acids is 1. The van der Waals surface area contributed by atoms with Gasteiger partial charge in [0.05, 0.1) is 0 Å². The molecule has 3 N–H and O–H groups in total. The van der Waals surface area contributed by atoms with E-state index in [1.54, 1.807) is 6.92 Å². The van der Waals surface area contributed by atoms with Crippen molar-refractivity contribution in [1.82, 2.24) is 25.4 Å². The molecule has 0 spiro atoms. The van der Waals surface area contributed by atoms with Crippen LogP contribution in [0.3, 0.4) is 0 Å². The van der Waals surface area contributed by atoms with E-state index in [9.17, 15) is 9.59 Å². The Balaban J connectivity index is 2.19. The number of hydrogen-bond acceptors (Lipinski definition) is 5. The standard InChI is InChI=1S/C9H13N5O3/c1-5-11-7(13-12-5)8(15)14-3-2-10-4-6(14)9(16)17/h6,10H,2-4H2,1H3,(H,16,17)(H,11,12,13). The summed E-state index contributed by atoms with van der Waals surface area (Å²) in [4.78, 5) is 28.2. The zero-order valence-electron chi connectivity index (χ0n) is 9.30. The maximum atomic E-state index is 12.0. The third-order valence-corrected chi connectivity index (χ3v) is 2.58. The van der Waals surface area contributed by atoms with Gasteiger partial charge >= 0.3 is 5.97 Å². The van der Waals surface area contributed by atoms with Crippen molar-refractivity contribution in [1.29, 1.82) is 0 Å². The van der Waals surface area contributed by atoms with Crippen LogP contribution in [0.2, 0.25) is 0 Å². The van der Waals surface area contributed by atoms with Crippen LogP contribution < -0.4 is 5.32 Å². The second-order valence-electron chi connectivity index (χ2n) is 3.80. The maximum Gasteiger partial charge on any atom is 0.327 e. The Morgan fingerprint density at radius 1 is 1.53 bits per heavy atom. The van der Waals surface area contributed by atoms with Crippen LogP contribution >= 0.6 is 0 Å². The quantitative estimate of drug-likeness (QED) is 0.586. The van der Waals surface area contributed by atoms with Crippen molar-refractivity contribution in [3.63, 3.8) is 0 Å². The summed E-state index contributed by atoms with van der Waals surface area (Å²) in [6.07, 6.45) is 0. The molecule has 1 unspecified atom stereocenters. The molecule has 2 heterocycles. The van der Waals surface area contributed by atoms with E-state index in [0.717, 1.165) is 0 Å². The van der Waals surface area contributed by atoms with Crippen molar-refractivity contribution < 1.29 is 14.7 Å². The van der Waals surface area contributed by atoms with Gasteiger partial charge in [-0.2, -0.15) is 0 Å². The van der Waals surface area contributed by atoms with Gasteiger partial charge in [-0.05, 0) is 6.92 Å². The predicted octanol–water partition coefficient (Wildman–Crippen LogP) is -1.39. The van der Waals surface area contributed by atoms with E-state index in [2.05, 4.69) is 20.5 Å². The number of piperazine rings is 1. The Morgan fingerprint density at radius 2 is 2.29 bits per heavy atom. The Kier molecular flexibility index (Phi) is 3.05. The Bertz CT molecular complexity index is 444. The molecule has 17 heavy (non-hydrogen) atoms. The van der Waals surface area contributed by atoms with E-state index in [1.807, 2.05) is 0 Å². The van der Waals surface area contributed by atoms with Crippen molar-refractivity contribution in [3.05, 3.63) is 11.6 Å². The minimum atomic E-state index is -1.03. The van der Waals surface area contributed by atoms with Gasteiger partial charge in [0.15, 0.2) is 0 Å². The van der Waals surface area contributed by atoms with Crippen LogP contribution in [-0.4, -0.2) is 62.7 Å². The van der Waals surface area contributed by atoms with Crippen LogP contribution in [0, 0.1) is 6.92 Å². The summed E-state index contributed by atoms with van der Waals surface area (Å²) in [5, 5.41) is 18.3. The number of carboxylic acid groups (broad SMARTS) is 1. The highest BCUT2D eigenvalue weighted by Gasteiger charge is 2.33. The van der Waals surface area contributed by atoms with Gasteiger partial charge in [-0.15, -0.1) is 5.10 Å². The highest BCUT2D eigenvalue weighted by Crippen LogP contribution is 2.08. The molecular weight excluding hydrogens is 226 g/mol. The Morgan fingerprint density at radius 3 is 2.88 bits per heavy atom. The number of aromatic nitrogens is 3. The topological polar surface area (TPSA) is 111 Å². The van der Waals surface area contributed by atoms with Gasteiger partial charge in [-0.25, -0.2) is 9.78 Å². The summed E-state index contributed by atoms with van der Waals surface area (Å²) < 4.78 is 0. The minimum absolute atomic E-state index is 0.00986. The molecule has 1 saturated heterocycles. The number of nitrogens with zero attached hydrogens (tertiary/aromatic N) is 3. The monoisotopic (exact) mass is 239 g/mol. The molecule has 8 nitrogen and oxygen atoms in total. The van der Waals surface area contributed by atoms with Crippen molar-refractivity contribution in [3.8, 4) is 0 Å². The van der Waals surface area contributed by atoms with Crippen LogP contribution in [0.5, 0.6) is 0 Å². The van der Waals surface area contributed by atoms with E-state index < -0.39 is 17.9 Å². The predicted molar refractivity (Wildman–Crippen MR) is 56.4 cm³/mol. The van der Waals surface area contributed by atoms with Crippen molar-refractivity contribution in [2.75, 3.05) is 19.6 Å². The van der Waals surface area contributed by atoms with Gasteiger partial charge in [0, 0.05) is 19.6 Å². The fourth-order valence-corrected chi connectivity index (χ4v) is 1.73. The number of hydrogen-bond donors (Lipinski definition) is 3. The lowest BCUT2D eigenvalue weighted by atomic mass is 10.2. The number of carbonyl (C=O) groups excluding carboxylic acids is 1. The summed E-state index contributed by atoms with van der Waals surface area (Å²) in [5.41, 5.74) is 0. The summed E-state index contributed by atoms with van der Waals surface area (Å²) in [6, 6.07) is -0.866. The van der Waals surface area contributed by atoms with E-state index in [-0.39, 0.29) is 12.4 Å². The van der Waals surface area contributed by atoms with Crippen LogP contribution in [-0.2, 0) is 4.79 Å². The molecule has 92 valence electrons. The zero-order valence-corrected chi connectivity index (χ0v) is 9.30. The molecule has 0 radical (unpaired) electrons. The Hall–Kier alpha value is -1.96. The third-order valence-electron chi connectivity index (χ3n) is 2.58. The summed E-state index contributed by atoms with van der Waals surface area (Å²) in [7, 11) is 0. The molecule has 1 fully saturated rings. The number of aryl methyl sites for hydroxylation is 1. The smallest absolute Gasteiger partial charge is 0.327 e. The van der Waals surface area contributed by atoms with Gasteiger partial charge in [-0.3, -0.25) is 9.89 Å². The molecule has 1 aromatic rings. The van der Waals surface area contributed by atoms with Crippen molar-refractivity contribution in [2.45, 2.75) is 13.0 Å². The summed E-state index contributed by atoms with van der Waals surface area (Å²) in [5.74, 6) is -0.952. The number of H-pyrrole nitrogens is 1. The lowest BCUT2D eigenvalue weighted by Gasteiger charge is -2.32. The molecule has 0 bridgehead atoms. The van der Waals surface area contributed by atoms with E-state index in [0.29, 0.717) is 18.9 Å². The van der Waals surface area contributed by atoms with Gasteiger partial charge in [0.25, 0.3) is 5.91 Å². The van der Waals surface area contributed by atoms with Crippen molar-refractivity contribution >= 4 is 11.9 Å².